The highest BCUT2D eigenvalue weighted by Gasteiger charge is 2.20. The van der Waals surface area contributed by atoms with Crippen LogP contribution in [0, 0.1) is 17.1 Å². The highest BCUT2D eigenvalue weighted by molar-refractivity contribution is 8.00. The van der Waals surface area contributed by atoms with Gasteiger partial charge in [-0.25, -0.2) is 4.39 Å². The molecule has 0 saturated carbocycles. The lowest BCUT2D eigenvalue weighted by Gasteiger charge is -2.08. The maximum atomic E-state index is 12.9. The lowest BCUT2D eigenvalue weighted by Crippen LogP contribution is -2.22. The van der Waals surface area contributed by atoms with Crippen LogP contribution >= 0.6 is 23.1 Å². The highest BCUT2D eigenvalue weighted by atomic mass is 32.2. The molecule has 126 valence electrons. The van der Waals surface area contributed by atoms with Gasteiger partial charge in [-0.15, -0.1) is 21.5 Å². The van der Waals surface area contributed by atoms with Gasteiger partial charge in [0.1, 0.15) is 16.9 Å². The molecule has 0 unspecified atom stereocenters. The van der Waals surface area contributed by atoms with Gasteiger partial charge in [0.25, 0.3) is 5.22 Å². The molecule has 25 heavy (non-hydrogen) atoms. The number of anilines is 1. The smallest absolute Gasteiger partial charge is 0.277 e. The molecule has 1 aromatic carbocycles. The monoisotopic (exact) mass is 374 g/mol. The first kappa shape index (κ1) is 17.1. The van der Waals surface area contributed by atoms with Crippen LogP contribution in [-0.4, -0.2) is 21.4 Å². The van der Waals surface area contributed by atoms with Gasteiger partial charge in [-0.2, -0.15) is 5.26 Å². The summed E-state index contributed by atoms with van der Waals surface area (Å²) in [6.45, 7) is 1.70. The van der Waals surface area contributed by atoms with E-state index in [2.05, 4.69) is 15.5 Å². The molecule has 0 radical (unpaired) electrons. The van der Waals surface area contributed by atoms with Crippen molar-refractivity contribution in [1.29, 1.82) is 5.26 Å². The van der Waals surface area contributed by atoms with Gasteiger partial charge in [0.05, 0.1) is 10.8 Å². The summed E-state index contributed by atoms with van der Waals surface area (Å²) < 4.78 is 18.4. The fourth-order valence-electron chi connectivity index (χ4n) is 1.88. The van der Waals surface area contributed by atoms with E-state index >= 15 is 0 Å². The number of carbonyl (C=O) groups is 1. The lowest BCUT2D eigenvalue weighted by atomic mass is 10.2. The minimum Gasteiger partial charge on any atom is -0.411 e. The Morgan fingerprint density at radius 3 is 2.84 bits per heavy atom. The summed E-state index contributed by atoms with van der Waals surface area (Å²) in [5, 5.41) is 21.4. The molecule has 3 aromatic rings. The fourth-order valence-corrected chi connectivity index (χ4v) is 3.30. The van der Waals surface area contributed by atoms with Gasteiger partial charge in [0, 0.05) is 5.56 Å². The number of halogens is 1. The number of thioether (sulfide) groups is 1. The largest absolute Gasteiger partial charge is 0.411 e. The Morgan fingerprint density at radius 2 is 2.12 bits per heavy atom. The maximum absolute atomic E-state index is 12.9. The minimum atomic E-state index is -0.504. The Kier molecular flexibility index (Phi) is 5.11. The third kappa shape index (κ3) is 4.04. The van der Waals surface area contributed by atoms with E-state index in [1.54, 1.807) is 18.4 Å². The molecule has 0 spiro atoms. The molecule has 2 aromatic heterocycles. The maximum Gasteiger partial charge on any atom is 0.277 e. The van der Waals surface area contributed by atoms with Crippen molar-refractivity contribution in [2.45, 2.75) is 17.4 Å². The predicted octanol–water partition coefficient (Wildman–Crippen LogP) is 3.93. The Morgan fingerprint density at radius 1 is 1.36 bits per heavy atom. The van der Waals surface area contributed by atoms with Crippen LogP contribution in [0.2, 0.25) is 0 Å². The van der Waals surface area contributed by atoms with E-state index in [-0.39, 0.29) is 22.8 Å². The van der Waals surface area contributed by atoms with E-state index in [0.717, 1.165) is 11.8 Å². The standard InChI is InChI=1S/C16H11FN4O2S2/c1-9(13(22)19-15-11(8-18)6-7-24-15)25-16-21-20-14(23-16)10-2-4-12(17)5-3-10/h2-7,9H,1H3,(H,19,22)/t9-/m1/s1. The molecule has 1 amide bonds. The molecule has 1 N–H and O–H groups in total. The van der Waals surface area contributed by atoms with Crippen LogP contribution in [0.4, 0.5) is 9.39 Å². The van der Waals surface area contributed by atoms with E-state index in [4.69, 9.17) is 9.68 Å². The Labute approximate surface area is 150 Å². The summed E-state index contributed by atoms with van der Waals surface area (Å²) in [6.07, 6.45) is 0. The average Bonchev–Trinajstić information content (AvgIpc) is 3.24. The van der Waals surface area contributed by atoms with Crippen LogP contribution in [-0.2, 0) is 4.79 Å². The van der Waals surface area contributed by atoms with Gasteiger partial charge in [0.15, 0.2) is 0 Å². The molecule has 3 rings (SSSR count). The van der Waals surface area contributed by atoms with Crippen molar-refractivity contribution in [3.05, 3.63) is 47.1 Å². The van der Waals surface area contributed by atoms with E-state index < -0.39 is 5.25 Å². The number of benzene rings is 1. The summed E-state index contributed by atoms with van der Waals surface area (Å²) in [5.74, 6) is -0.376. The first-order valence-corrected chi connectivity index (χ1v) is 8.87. The van der Waals surface area contributed by atoms with E-state index in [1.165, 1.54) is 35.6 Å². The summed E-state index contributed by atoms with van der Waals surface area (Å²) in [4.78, 5) is 12.2. The molecule has 2 heterocycles. The number of rotatable bonds is 5. The first-order valence-electron chi connectivity index (χ1n) is 7.11. The van der Waals surface area contributed by atoms with E-state index in [1.807, 2.05) is 6.07 Å². The van der Waals surface area contributed by atoms with Crippen molar-refractivity contribution in [1.82, 2.24) is 10.2 Å². The second kappa shape index (κ2) is 7.46. The molecule has 0 aliphatic rings. The van der Waals surface area contributed by atoms with Crippen LogP contribution in [0.25, 0.3) is 11.5 Å². The number of nitrogens with zero attached hydrogens (tertiary/aromatic N) is 3. The van der Waals surface area contributed by atoms with Crippen LogP contribution in [0.5, 0.6) is 0 Å². The van der Waals surface area contributed by atoms with Crippen molar-refractivity contribution >= 4 is 34.0 Å². The number of amides is 1. The van der Waals surface area contributed by atoms with Gasteiger partial charge >= 0.3 is 0 Å². The zero-order valence-corrected chi connectivity index (χ0v) is 14.5. The van der Waals surface area contributed by atoms with Crippen LogP contribution in [0.15, 0.2) is 45.4 Å². The summed E-state index contributed by atoms with van der Waals surface area (Å²) in [5.41, 5.74) is 1.02. The molecular weight excluding hydrogens is 363 g/mol. The molecule has 6 nitrogen and oxygen atoms in total. The summed E-state index contributed by atoms with van der Waals surface area (Å²) >= 11 is 2.38. The molecule has 0 fully saturated rings. The zero-order valence-electron chi connectivity index (χ0n) is 12.9. The molecule has 0 aliphatic carbocycles. The van der Waals surface area contributed by atoms with Gasteiger partial charge in [-0.1, -0.05) is 11.8 Å². The number of hydrogen-bond acceptors (Lipinski definition) is 7. The number of thiophene rings is 1. The van der Waals surface area contributed by atoms with Crippen LogP contribution in [0.1, 0.15) is 12.5 Å². The third-order valence-corrected chi connectivity index (χ3v) is 4.93. The van der Waals surface area contributed by atoms with Crippen molar-refractivity contribution in [2.24, 2.45) is 0 Å². The highest BCUT2D eigenvalue weighted by Crippen LogP contribution is 2.28. The van der Waals surface area contributed by atoms with Crippen molar-refractivity contribution in [3.8, 4) is 17.5 Å². The zero-order chi connectivity index (χ0) is 17.8. The number of hydrogen-bond donors (Lipinski definition) is 1. The molecule has 9 heteroatoms. The molecule has 0 saturated heterocycles. The minimum absolute atomic E-state index is 0.230. The molecule has 1 atom stereocenters. The van der Waals surface area contributed by atoms with Crippen molar-refractivity contribution < 1.29 is 13.6 Å². The van der Waals surface area contributed by atoms with Crippen LogP contribution in [0.3, 0.4) is 0 Å². The van der Waals surface area contributed by atoms with Crippen molar-refractivity contribution in [3.63, 3.8) is 0 Å². The normalized spacial score (nSPS) is 11.7. The number of nitriles is 1. The predicted molar refractivity (Wildman–Crippen MR) is 92.7 cm³/mol. The topological polar surface area (TPSA) is 91.8 Å². The Hall–Kier alpha value is -2.70. The van der Waals surface area contributed by atoms with Gasteiger partial charge in [-0.3, -0.25) is 4.79 Å². The SMILES string of the molecule is C[C@@H](Sc1nnc(-c2ccc(F)cc2)o1)C(=O)Nc1sccc1C#N. The summed E-state index contributed by atoms with van der Waals surface area (Å²) in [7, 11) is 0. The van der Waals surface area contributed by atoms with E-state index in [0.29, 0.717) is 16.1 Å². The lowest BCUT2D eigenvalue weighted by molar-refractivity contribution is -0.115. The Balaban J connectivity index is 1.65. The summed E-state index contributed by atoms with van der Waals surface area (Å²) in [6, 6.07) is 9.33. The number of aromatic nitrogens is 2. The number of nitrogens with one attached hydrogen (secondary N) is 1. The van der Waals surface area contributed by atoms with Gasteiger partial charge in [0.2, 0.25) is 11.8 Å². The van der Waals surface area contributed by atoms with Crippen LogP contribution < -0.4 is 5.32 Å². The second-order valence-electron chi connectivity index (χ2n) is 4.90. The first-order chi connectivity index (χ1) is 12.1. The molecular formula is C16H11FN4O2S2. The molecule has 0 bridgehead atoms. The van der Waals surface area contributed by atoms with E-state index in [9.17, 15) is 9.18 Å². The average molecular weight is 374 g/mol. The Bertz CT molecular complexity index is 930. The molecule has 0 aliphatic heterocycles. The van der Waals surface area contributed by atoms with Crippen molar-refractivity contribution in [2.75, 3.05) is 5.32 Å². The van der Waals surface area contributed by atoms with Gasteiger partial charge in [-0.05, 0) is 42.6 Å². The quantitative estimate of drug-likeness (QED) is 0.681. The number of carbonyl (C=O) groups excluding carboxylic acids is 1. The van der Waals surface area contributed by atoms with Gasteiger partial charge < -0.3 is 9.73 Å². The second-order valence-corrected chi connectivity index (χ2v) is 7.11. The fraction of sp³-hybridized carbons (Fsp3) is 0.125. The third-order valence-electron chi connectivity index (χ3n) is 3.17.